The van der Waals surface area contributed by atoms with Crippen molar-refractivity contribution in [3.05, 3.63) is 58.2 Å². The number of aromatic nitrogens is 1. The van der Waals surface area contributed by atoms with Gasteiger partial charge in [-0.3, -0.25) is 4.79 Å². The Morgan fingerprint density at radius 2 is 1.87 bits per heavy atom. The van der Waals surface area contributed by atoms with Crippen molar-refractivity contribution in [2.24, 2.45) is 7.05 Å². The number of Topliss-reactive ketones (excluding diaryl/α,β-unsaturated/α-hetero) is 1. The number of ether oxygens (including phenoxy) is 1. The number of benzene rings is 2. The summed E-state index contributed by atoms with van der Waals surface area (Å²) >= 11 is 6.20. The number of halogens is 1. The van der Waals surface area contributed by atoms with Gasteiger partial charge in [-0.2, -0.15) is 0 Å². The molecule has 3 aromatic rings. The Balaban J connectivity index is 1.49. The third kappa shape index (κ3) is 3.80. The largest absolute Gasteiger partial charge is 0.497 e. The maximum atomic E-state index is 13.3. The molecule has 0 saturated carbocycles. The van der Waals surface area contributed by atoms with Gasteiger partial charge in [0.05, 0.1) is 38.9 Å². The van der Waals surface area contributed by atoms with Crippen LogP contribution in [-0.4, -0.2) is 50.2 Å². The molecule has 158 valence electrons. The lowest BCUT2D eigenvalue weighted by Crippen LogP contribution is -3.15. The number of fused-ring (bicyclic) bond motifs is 1. The van der Waals surface area contributed by atoms with Crippen LogP contribution in [0.25, 0.3) is 10.9 Å². The summed E-state index contributed by atoms with van der Waals surface area (Å²) < 4.78 is 7.48. The first-order valence-corrected chi connectivity index (χ1v) is 10.8. The molecule has 1 aromatic heterocycles. The molecule has 1 aliphatic heterocycles. The van der Waals surface area contributed by atoms with Crippen LogP contribution in [-0.2, 0) is 7.05 Å². The number of nitrogens with one attached hydrogen (secondary N) is 1. The average molecular weight is 427 g/mol. The minimum atomic E-state index is 0.203. The van der Waals surface area contributed by atoms with Gasteiger partial charge >= 0.3 is 0 Å². The average Bonchev–Trinajstić information content (AvgIpc) is 3.00. The van der Waals surface area contributed by atoms with Crippen molar-refractivity contribution in [1.82, 2.24) is 4.57 Å². The summed E-state index contributed by atoms with van der Waals surface area (Å²) in [7, 11) is 3.67. The van der Waals surface area contributed by atoms with Crippen molar-refractivity contribution in [3.63, 3.8) is 0 Å². The molecule has 5 nitrogen and oxygen atoms in total. The first-order chi connectivity index (χ1) is 14.4. The second kappa shape index (κ2) is 8.32. The van der Waals surface area contributed by atoms with Crippen LogP contribution < -0.4 is 14.5 Å². The van der Waals surface area contributed by atoms with E-state index in [0.717, 1.165) is 59.1 Å². The van der Waals surface area contributed by atoms with Crippen molar-refractivity contribution in [2.45, 2.75) is 13.8 Å². The summed E-state index contributed by atoms with van der Waals surface area (Å²) in [5.74, 6) is 0.980. The van der Waals surface area contributed by atoms with Crippen LogP contribution in [0.2, 0.25) is 5.02 Å². The van der Waals surface area contributed by atoms with E-state index in [4.69, 9.17) is 16.3 Å². The van der Waals surface area contributed by atoms with Gasteiger partial charge < -0.3 is 19.1 Å². The molecule has 0 unspecified atom stereocenters. The fourth-order valence-electron chi connectivity index (χ4n) is 4.51. The number of piperazine rings is 1. The summed E-state index contributed by atoms with van der Waals surface area (Å²) in [6, 6.07) is 12.0. The smallest absolute Gasteiger partial charge is 0.219 e. The van der Waals surface area contributed by atoms with Crippen LogP contribution in [0.4, 0.5) is 5.69 Å². The van der Waals surface area contributed by atoms with Crippen molar-refractivity contribution in [1.29, 1.82) is 0 Å². The molecule has 4 rings (SSSR count). The predicted molar refractivity (Wildman–Crippen MR) is 123 cm³/mol. The van der Waals surface area contributed by atoms with Crippen LogP contribution >= 0.6 is 11.6 Å². The van der Waals surface area contributed by atoms with Gasteiger partial charge in [-0.1, -0.05) is 17.7 Å². The van der Waals surface area contributed by atoms with Crippen LogP contribution in [0.5, 0.6) is 5.75 Å². The van der Waals surface area contributed by atoms with E-state index >= 15 is 0 Å². The number of rotatable bonds is 5. The SMILES string of the molecule is COc1ccc2c(c1)c(C(=O)C[NH+]1CCN(c3cc(Cl)ccc3C)CC1)c(C)n2C. The Kier molecular flexibility index (Phi) is 5.76. The third-order valence-electron chi connectivity index (χ3n) is 6.37. The van der Waals surface area contributed by atoms with Gasteiger partial charge in [-0.25, -0.2) is 0 Å². The molecule has 30 heavy (non-hydrogen) atoms. The normalized spacial score (nSPS) is 15.0. The second-order valence-electron chi connectivity index (χ2n) is 8.17. The van der Waals surface area contributed by atoms with Gasteiger partial charge in [0.25, 0.3) is 0 Å². The zero-order valence-corrected chi connectivity index (χ0v) is 18.8. The van der Waals surface area contributed by atoms with E-state index in [1.54, 1.807) is 7.11 Å². The molecular formula is C24H29ClN3O2+. The van der Waals surface area contributed by atoms with Crippen LogP contribution in [0.1, 0.15) is 21.6 Å². The molecule has 0 spiro atoms. The predicted octanol–water partition coefficient (Wildman–Crippen LogP) is 3.04. The van der Waals surface area contributed by atoms with Crippen molar-refractivity contribution >= 4 is 34.0 Å². The highest BCUT2D eigenvalue weighted by molar-refractivity contribution is 6.30. The van der Waals surface area contributed by atoms with Crippen molar-refractivity contribution in [2.75, 3.05) is 44.7 Å². The second-order valence-corrected chi connectivity index (χ2v) is 8.61. The molecule has 0 radical (unpaired) electrons. The van der Waals surface area contributed by atoms with Gasteiger partial charge in [0.1, 0.15) is 12.3 Å². The molecule has 0 amide bonds. The summed E-state index contributed by atoms with van der Waals surface area (Å²) in [4.78, 5) is 17.0. The first kappa shape index (κ1) is 20.8. The first-order valence-electron chi connectivity index (χ1n) is 10.4. The highest BCUT2D eigenvalue weighted by Gasteiger charge is 2.26. The molecule has 6 heteroatoms. The molecule has 2 aromatic carbocycles. The summed E-state index contributed by atoms with van der Waals surface area (Å²) in [5, 5.41) is 1.74. The maximum absolute atomic E-state index is 13.3. The molecular weight excluding hydrogens is 398 g/mol. The van der Waals surface area contributed by atoms with Gasteiger partial charge in [0.2, 0.25) is 5.78 Å². The van der Waals surface area contributed by atoms with E-state index in [2.05, 4.69) is 22.5 Å². The number of anilines is 1. The molecule has 1 aliphatic rings. The highest BCUT2D eigenvalue weighted by atomic mass is 35.5. The molecule has 1 N–H and O–H groups in total. The third-order valence-corrected chi connectivity index (χ3v) is 6.61. The van der Waals surface area contributed by atoms with E-state index in [-0.39, 0.29) is 5.78 Å². The lowest BCUT2D eigenvalue weighted by Gasteiger charge is -2.34. The standard InChI is InChI=1S/C24H28ClN3O2/c1-16-5-6-18(25)13-22(16)28-11-9-27(10-12-28)15-23(29)24-17(2)26(3)21-8-7-19(30-4)14-20(21)24/h5-8,13-14H,9-12,15H2,1-4H3/p+1. The van der Waals surface area contributed by atoms with Gasteiger partial charge in [-0.05, 0) is 49.7 Å². The molecule has 1 saturated heterocycles. The van der Waals surface area contributed by atoms with Gasteiger partial charge in [0, 0.05) is 34.4 Å². The summed E-state index contributed by atoms with van der Waals surface area (Å²) in [5.41, 5.74) is 5.33. The zero-order valence-electron chi connectivity index (χ0n) is 18.1. The minimum Gasteiger partial charge on any atom is -0.497 e. The van der Waals surface area contributed by atoms with E-state index in [1.807, 2.05) is 44.3 Å². The number of aryl methyl sites for hydroxylation is 2. The van der Waals surface area contributed by atoms with E-state index < -0.39 is 0 Å². The molecule has 0 atom stereocenters. The Hall–Kier alpha value is -2.50. The van der Waals surface area contributed by atoms with Gasteiger partial charge in [0.15, 0.2) is 0 Å². The molecule has 0 bridgehead atoms. The molecule has 2 heterocycles. The van der Waals surface area contributed by atoms with E-state index in [9.17, 15) is 4.79 Å². The Labute approximate surface area is 182 Å². The van der Waals surface area contributed by atoms with Crippen LogP contribution in [0.15, 0.2) is 36.4 Å². The Morgan fingerprint density at radius 1 is 1.13 bits per heavy atom. The van der Waals surface area contributed by atoms with Crippen molar-refractivity contribution in [3.8, 4) is 5.75 Å². The number of carbonyl (C=O) groups is 1. The number of nitrogens with zero attached hydrogens (tertiary/aromatic N) is 2. The number of methoxy groups -OCH3 is 1. The Morgan fingerprint density at radius 3 is 2.57 bits per heavy atom. The number of carbonyl (C=O) groups excluding carboxylic acids is 1. The number of quaternary nitrogens is 1. The number of hydrogen-bond acceptors (Lipinski definition) is 3. The highest BCUT2D eigenvalue weighted by Crippen LogP contribution is 2.29. The van der Waals surface area contributed by atoms with Crippen molar-refractivity contribution < 1.29 is 14.4 Å². The van der Waals surface area contributed by atoms with Crippen LogP contribution in [0, 0.1) is 13.8 Å². The molecule has 1 fully saturated rings. The zero-order chi connectivity index (χ0) is 21.4. The monoisotopic (exact) mass is 426 g/mol. The quantitative estimate of drug-likeness (QED) is 0.637. The molecule has 0 aliphatic carbocycles. The van der Waals surface area contributed by atoms with Gasteiger partial charge in [-0.15, -0.1) is 0 Å². The fourth-order valence-corrected chi connectivity index (χ4v) is 4.68. The van der Waals surface area contributed by atoms with E-state index in [1.165, 1.54) is 16.2 Å². The Bertz CT molecular complexity index is 1100. The number of hydrogen-bond donors (Lipinski definition) is 1. The number of ketones is 1. The minimum absolute atomic E-state index is 0.203. The lowest BCUT2D eigenvalue weighted by atomic mass is 10.1. The topological polar surface area (TPSA) is 38.9 Å². The van der Waals surface area contributed by atoms with E-state index in [0.29, 0.717) is 6.54 Å². The fraction of sp³-hybridized carbons (Fsp3) is 0.375. The summed E-state index contributed by atoms with van der Waals surface area (Å²) in [6.45, 7) is 8.37. The maximum Gasteiger partial charge on any atom is 0.219 e. The summed E-state index contributed by atoms with van der Waals surface area (Å²) in [6.07, 6.45) is 0. The van der Waals surface area contributed by atoms with Crippen LogP contribution in [0.3, 0.4) is 0 Å². The lowest BCUT2D eigenvalue weighted by molar-refractivity contribution is -0.892.